The molecule has 0 atom stereocenters. The third-order valence-corrected chi connectivity index (χ3v) is 4.12. The summed E-state index contributed by atoms with van der Waals surface area (Å²) in [7, 11) is -2.44. The minimum atomic E-state index is -3.53. The van der Waals surface area contributed by atoms with Crippen molar-refractivity contribution in [3.8, 4) is 0 Å². The third-order valence-electron chi connectivity index (χ3n) is 1.04. The molecule has 0 aromatic rings. The highest BCUT2D eigenvalue weighted by Crippen LogP contribution is 2.60. The molecule has 0 amide bonds. The molecular formula is C6H16O6P2. The zero-order valence-corrected chi connectivity index (χ0v) is 10.5. The van der Waals surface area contributed by atoms with Crippen LogP contribution in [0.5, 0.6) is 0 Å². The Labute approximate surface area is 85.4 Å². The fraction of sp³-hybridized carbons (Fsp3) is 1.00. The molecule has 0 aliphatic carbocycles. The predicted octanol–water partition coefficient (Wildman–Crippen LogP) is 2.70. The van der Waals surface area contributed by atoms with Crippen LogP contribution in [0.4, 0.5) is 0 Å². The van der Waals surface area contributed by atoms with E-state index in [9.17, 15) is 4.57 Å². The van der Waals surface area contributed by atoms with Gasteiger partial charge in [-0.05, 0) is 13.8 Å². The van der Waals surface area contributed by atoms with Gasteiger partial charge in [-0.15, -0.1) is 0 Å². The molecule has 0 radical (unpaired) electrons. The van der Waals surface area contributed by atoms with Crippen molar-refractivity contribution in [1.29, 1.82) is 0 Å². The molecule has 0 aromatic heterocycles. The van der Waals surface area contributed by atoms with Crippen molar-refractivity contribution in [1.82, 2.24) is 0 Å². The molecule has 6 nitrogen and oxygen atoms in total. The Bertz CT molecular complexity index is 173. The van der Waals surface area contributed by atoms with E-state index in [1.54, 1.807) is 13.8 Å². The zero-order valence-electron chi connectivity index (χ0n) is 8.76. The Morgan fingerprint density at radius 3 is 1.79 bits per heavy atom. The third kappa shape index (κ3) is 5.37. The normalized spacial score (nSPS) is 12.4. The fourth-order valence-corrected chi connectivity index (χ4v) is 3.04. The molecule has 0 unspecified atom stereocenters. The SMILES string of the molecule is CCOP(=O)(OCC)OP(OC)OC. The van der Waals surface area contributed by atoms with Crippen LogP contribution in [0.25, 0.3) is 0 Å². The Balaban J connectivity index is 4.26. The molecule has 0 aliphatic rings. The van der Waals surface area contributed by atoms with Crippen LogP contribution in [0.1, 0.15) is 13.8 Å². The van der Waals surface area contributed by atoms with Crippen LogP contribution in [0, 0.1) is 0 Å². The van der Waals surface area contributed by atoms with Gasteiger partial charge in [0.05, 0.1) is 13.2 Å². The van der Waals surface area contributed by atoms with Crippen LogP contribution in [0.2, 0.25) is 0 Å². The molecule has 0 aliphatic heterocycles. The van der Waals surface area contributed by atoms with E-state index in [4.69, 9.17) is 22.4 Å². The number of rotatable bonds is 8. The Morgan fingerprint density at radius 1 is 1.07 bits per heavy atom. The van der Waals surface area contributed by atoms with Gasteiger partial charge < -0.3 is 9.05 Å². The standard InChI is InChI=1S/C6H16O6P2/c1-5-10-14(7,11-6-2)12-13(8-3)9-4/h5-6H2,1-4H3. The maximum atomic E-state index is 11.7. The largest absolute Gasteiger partial charge is 0.481 e. The first-order valence-electron chi connectivity index (χ1n) is 4.09. The minimum Gasteiger partial charge on any atom is -0.315 e. The molecule has 0 bridgehead atoms. The average Bonchev–Trinajstić information content (AvgIpc) is 2.15. The second-order valence-corrected chi connectivity index (χ2v) is 5.19. The Hall–Kier alpha value is 0.460. The van der Waals surface area contributed by atoms with E-state index in [1.165, 1.54) is 14.2 Å². The van der Waals surface area contributed by atoms with Crippen molar-refractivity contribution in [3.63, 3.8) is 0 Å². The molecule has 0 rings (SSSR count). The van der Waals surface area contributed by atoms with Gasteiger partial charge in [0.1, 0.15) is 0 Å². The second kappa shape index (κ2) is 7.71. The van der Waals surface area contributed by atoms with E-state index in [-0.39, 0.29) is 13.2 Å². The summed E-state index contributed by atoms with van der Waals surface area (Å²) in [4.78, 5) is 0. The Kier molecular flexibility index (Phi) is 7.97. The number of hydrogen-bond donors (Lipinski definition) is 0. The van der Waals surface area contributed by atoms with Crippen LogP contribution in [-0.2, 0) is 27.0 Å². The molecule has 8 heteroatoms. The van der Waals surface area contributed by atoms with E-state index in [2.05, 4.69) is 0 Å². The van der Waals surface area contributed by atoms with Crippen molar-refractivity contribution in [2.75, 3.05) is 27.4 Å². The second-order valence-electron chi connectivity index (χ2n) is 1.95. The number of phosphoric acid groups is 1. The van der Waals surface area contributed by atoms with Crippen molar-refractivity contribution < 1.29 is 27.0 Å². The highest BCUT2D eigenvalue weighted by atomic mass is 31.3. The number of phosphoric ester groups is 1. The maximum Gasteiger partial charge on any atom is 0.481 e. The summed E-state index contributed by atoms with van der Waals surface area (Å²) >= 11 is 0. The molecule has 0 N–H and O–H groups in total. The van der Waals surface area contributed by atoms with Crippen LogP contribution < -0.4 is 0 Å². The first kappa shape index (κ1) is 14.5. The zero-order chi connectivity index (χ0) is 11.0. The fourth-order valence-electron chi connectivity index (χ4n) is 0.623. The van der Waals surface area contributed by atoms with E-state index in [0.29, 0.717) is 0 Å². The monoisotopic (exact) mass is 246 g/mol. The summed E-state index contributed by atoms with van der Waals surface area (Å²) in [5.74, 6) is 0. The summed E-state index contributed by atoms with van der Waals surface area (Å²) in [6.45, 7) is 3.84. The van der Waals surface area contributed by atoms with Gasteiger partial charge in [-0.1, -0.05) is 0 Å². The molecular weight excluding hydrogens is 230 g/mol. The predicted molar refractivity (Wildman–Crippen MR) is 52.9 cm³/mol. The van der Waals surface area contributed by atoms with Crippen LogP contribution >= 0.6 is 16.4 Å². The van der Waals surface area contributed by atoms with E-state index >= 15 is 0 Å². The molecule has 86 valence electrons. The smallest absolute Gasteiger partial charge is 0.315 e. The molecule has 14 heavy (non-hydrogen) atoms. The first-order valence-corrected chi connectivity index (χ1v) is 6.64. The Morgan fingerprint density at radius 2 is 1.50 bits per heavy atom. The quantitative estimate of drug-likeness (QED) is 0.613. The van der Waals surface area contributed by atoms with Gasteiger partial charge in [0.25, 0.3) is 0 Å². The van der Waals surface area contributed by atoms with Crippen molar-refractivity contribution >= 4 is 16.4 Å². The molecule has 0 fully saturated rings. The lowest BCUT2D eigenvalue weighted by molar-refractivity contribution is 0.153. The lowest BCUT2D eigenvalue weighted by Gasteiger charge is -2.19. The van der Waals surface area contributed by atoms with Gasteiger partial charge in [0.2, 0.25) is 0 Å². The van der Waals surface area contributed by atoms with Crippen LogP contribution in [0.3, 0.4) is 0 Å². The van der Waals surface area contributed by atoms with Crippen LogP contribution in [0.15, 0.2) is 0 Å². The van der Waals surface area contributed by atoms with Crippen molar-refractivity contribution in [2.24, 2.45) is 0 Å². The molecule has 0 saturated heterocycles. The molecule has 0 aromatic carbocycles. The minimum absolute atomic E-state index is 0.230. The van der Waals surface area contributed by atoms with Gasteiger partial charge >= 0.3 is 16.4 Å². The van der Waals surface area contributed by atoms with Gasteiger partial charge in [0.15, 0.2) is 0 Å². The summed E-state index contributed by atoms with van der Waals surface area (Å²) in [5, 5.41) is 0. The highest BCUT2D eigenvalue weighted by Gasteiger charge is 2.31. The summed E-state index contributed by atoms with van der Waals surface area (Å²) in [6, 6.07) is 0. The molecule has 0 spiro atoms. The van der Waals surface area contributed by atoms with Crippen molar-refractivity contribution in [3.05, 3.63) is 0 Å². The lowest BCUT2D eigenvalue weighted by atomic mass is 10.9. The topological polar surface area (TPSA) is 63.2 Å². The average molecular weight is 246 g/mol. The van der Waals surface area contributed by atoms with Gasteiger partial charge in [-0.3, -0.25) is 9.05 Å². The van der Waals surface area contributed by atoms with E-state index in [1.807, 2.05) is 0 Å². The van der Waals surface area contributed by atoms with Gasteiger partial charge in [-0.25, -0.2) is 8.88 Å². The van der Waals surface area contributed by atoms with Crippen LogP contribution in [-0.4, -0.2) is 27.4 Å². The number of hydrogen-bond acceptors (Lipinski definition) is 6. The molecule has 0 saturated carbocycles. The lowest BCUT2D eigenvalue weighted by Crippen LogP contribution is -1.98. The summed E-state index contributed by atoms with van der Waals surface area (Å²) in [5.41, 5.74) is 0. The highest BCUT2D eigenvalue weighted by molar-refractivity contribution is 7.59. The van der Waals surface area contributed by atoms with Crippen molar-refractivity contribution in [2.45, 2.75) is 13.8 Å². The summed E-state index contributed by atoms with van der Waals surface area (Å²) in [6.07, 6.45) is 0. The van der Waals surface area contributed by atoms with Gasteiger partial charge in [-0.2, -0.15) is 0 Å². The van der Waals surface area contributed by atoms with E-state index in [0.717, 1.165) is 0 Å². The van der Waals surface area contributed by atoms with E-state index < -0.39 is 16.4 Å². The van der Waals surface area contributed by atoms with Gasteiger partial charge in [0, 0.05) is 14.2 Å². The summed E-state index contributed by atoms with van der Waals surface area (Å²) < 4.78 is 36.0. The first-order chi connectivity index (χ1) is 6.61. The molecule has 0 heterocycles. The maximum absolute atomic E-state index is 11.7.